The molecule has 1 aromatic heterocycles. The van der Waals surface area contributed by atoms with Crippen LogP contribution in [0.4, 0.5) is 5.69 Å². The van der Waals surface area contributed by atoms with Crippen LogP contribution in [0, 0.1) is 10.1 Å². The molecule has 1 aromatic carbocycles. The van der Waals surface area contributed by atoms with Crippen molar-refractivity contribution in [2.45, 2.75) is 9.92 Å². The standard InChI is InChI=1S/C12H9ClN4O3S/c13-8-2-4-11(15-6-8)21-10-3-1-7(12(14)16-18)5-9(10)17(19)20/h1-6,18H,(H2,14,16). The normalized spacial score (nSPS) is 11.4. The minimum Gasteiger partial charge on any atom is -0.409 e. The molecule has 0 aliphatic rings. The van der Waals surface area contributed by atoms with Gasteiger partial charge in [-0.3, -0.25) is 10.1 Å². The average molecular weight is 325 g/mol. The van der Waals surface area contributed by atoms with Crippen LogP contribution in [-0.2, 0) is 0 Å². The molecule has 9 heteroatoms. The highest BCUT2D eigenvalue weighted by Gasteiger charge is 2.17. The van der Waals surface area contributed by atoms with E-state index < -0.39 is 4.92 Å². The summed E-state index contributed by atoms with van der Waals surface area (Å²) in [6.07, 6.45) is 1.46. The molecule has 0 aliphatic carbocycles. The minimum absolute atomic E-state index is 0.152. The lowest BCUT2D eigenvalue weighted by atomic mass is 10.2. The fourth-order valence-corrected chi connectivity index (χ4v) is 2.45. The smallest absolute Gasteiger partial charge is 0.284 e. The van der Waals surface area contributed by atoms with E-state index in [9.17, 15) is 10.1 Å². The Morgan fingerprint density at radius 3 is 2.76 bits per heavy atom. The van der Waals surface area contributed by atoms with Crippen molar-refractivity contribution >= 4 is 34.9 Å². The van der Waals surface area contributed by atoms with Gasteiger partial charge in [0.15, 0.2) is 5.84 Å². The number of nitro groups is 1. The van der Waals surface area contributed by atoms with Crippen molar-refractivity contribution in [1.82, 2.24) is 4.98 Å². The number of nitrogens with two attached hydrogens (primary N) is 1. The molecule has 2 aromatic rings. The van der Waals surface area contributed by atoms with E-state index in [1.807, 2.05) is 0 Å². The van der Waals surface area contributed by atoms with Gasteiger partial charge in [-0.25, -0.2) is 4.98 Å². The molecule has 0 bridgehead atoms. The first-order chi connectivity index (χ1) is 10.0. The molecule has 3 N–H and O–H groups in total. The predicted octanol–water partition coefficient (Wildman–Crippen LogP) is 2.89. The van der Waals surface area contributed by atoms with Gasteiger partial charge in [-0.2, -0.15) is 0 Å². The lowest BCUT2D eigenvalue weighted by molar-refractivity contribution is -0.387. The Balaban J connectivity index is 2.39. The van der Waals surface area contributed by atoms with E-state index in [0.717, 1.165) is 11.8 Å². The fourth-order valence-electron chi connectivity index (χ4n) is 1.50. The Morgan fingerprint density at radius 2 is 2.19 bits per heavy atom. The van der Waals surface area contributed by atoms with Crippen molar-refractivity contribution in [2.24, 2.45) is 10.9 Å². The zero-order valence-corrected chi connectivity index (χ0v) is 12.0. The maximum Gasteiger partial charge on any atom is 0.284 e. The summed E-state index contributed by atoms with van der Waals surface area (Å²) >= 11 is 6.86. The lowest BCUT2D eigenvalue weighted by Crippen LogP contribution is -2.13. The molecule has 108 valence electrons. The number of aromatic nitrogens is 1. The van der Waals surface area contributed by atoms with Crippen molar-refractivity contribution in [3.05, 3.63) is 57.2 Å². The first kappa shape index (κ1) is 15.1. The highest BCUT2D eigenvalue weighted by atomic mass is 35.5. The SMILES string of the molecule is NC(=NO)c1ccc(Sc2ccc(Cl)cn2)c([N+](=O)[O-])c1. The highest BCUT2D eigenvalue weighted by Crippen LogP contribution is 2.34. The number of hydrogen-bond donors (Lipinski definition) is 2. The Labute approximate surface area is 128 Å². The van der Waals surface area contributed by atoms with Crippen molar-refractivity contribution in [3.63, 3.8) is 0 Å². The van der Waals surface area contributed by atoms with Crippen LogP contribution in [0.2, 0.25) is 5.02 Å². The summed E-state index contributed by atoms with van der Waals surface area (Å²) in [5, 5.41) is 23.6. The number of pyridine rings is 1. The van der Waals surface area contributed by atoms with Crippen molar-refractivity contribution < 1.29 is 10.1 Å². The van der Waals surface area contributed by atoms with Gasteiger partial charge in [-0.1, -0.05) is 28.5 Å². The van der Waals surface area contributed by atoms with E-state index in [0.29, 0.717) is 14.9 Å². The van der Waals surface area contributed by atoms with Gasteiger partial charge in [0.2, 0.25) is 0 Å². The topological polar surface area (TPSA) is 115 Å². The van der Waals surface area contributed by atoms with Crippen LogP contribution in [-0.4, -0.2) is 21.0 Å². The first-order valence-electron chi connectivity index (χ1n) is 5.57. The van der Waals surface area contributed by atoms with Crippen molar-refractivity contribution in [1.29, 1.82) is 0 Å². The third-order valence-electron chi connectivity index (χ3n) is 2.47. The number of amidine groups is 1. The second kappa shape index (κ2) is 6.42. The average Bonchev–Trinajstić information content (AvgIpc) is 2.49. The zero-order valence-electron chi connectivity index (χ0n) is 10.4. The molecule has 2 rings (SSSR count). The summed E-state index contributed by atoms with van der Waals surface area (Å²) in [4.78, 5) is 15.1. The van der Waals surface area contributed by atoms with Gasteiger partial charge < -0.3 is 10.9 Å². The van der Waals surface area contributed by atoms with Crippen LogP contribution in [0.25, 0.3) is 0 Å². The van der Waals surface area contributed by atoms with Crippen molar-refractivity contribution in [2.75, 3.05) is 0 Å². The molecule has 0 saturated carbocycles. The molecule has 21 heavy (non-hydrogen) atoms. The summed E-state index contributed by atoms with van der Waals surface area (Å²) in [6.45, 7) is 0. The van der Waals surface area contributed by atoms with E-state index in [1.54, 1.807) is 12.1 Å². The zero-order chi connectivity index (χ0) is 15.4. The number of halogens is 1. The van der Waals surface area contributed by atoms with E-state index in [2.05, 4.69) is 10.1 Å². The molecule has 0 amide bonds. The second-order valence-corrected chi connectivity index (χ2v) is 5.34. The third-order valence-corrected chi connectivity index (χ3v) is 3.71. The Bertz CT molecular complexity index is 706. The minimum atomic E-state index is -0.535. The first-order valence-corrected chi connectivity index (χ1v) is 6.76. The van der Waals surface area contributed by atoms with Crippen LogP contribution in [0.3, 0.4) is 0 Å². The van der Waals surface area contributed by atoms with Crippen LogP contribution in [0.15, 0.2) is 51.6 Å². The number of benzene rings is 1. The Morgan fingerprint density at radius 1 is 1.43 bits per heavy atom. The molecule has 0 unspecified atom stereocenters. The van der Waals surface area contributed by atoms with Gasteiger partial charge in [-0.15, -0.1) is 0 Å². The fraction of sp³-hybridized carbons (Fsp3) is 0. The molecule has 0 radical (unpaired) electrons. The largest absolute Gasteiger partial charge is 0.409 e. The number of nitro benzene ring substituents is 1. The Hall–Kier alpha value is -2.32. The number of oxime groups is 1. The van der Waals surface area contributed by atoms with Gasteiger partial charge in [0.25, 0.3) is 5.69 Å². The maximum atomic E-state index is 11.1. The molecule has 0 spiro atoms. The van der Waals surface area contributed by atoms with Gasteiger partial charge in [0.05, 0.1) is 14.8 Å². The van der Waals surface area contributed by atoms with E-state index in [1.165, 1.54) is 24.4 Å². The summed E-state index contributed by atoms with van der Waals surface area (Å²) in [7, 11) is 0. The summed E-state index contributed by atoms with van der Waals surface area (Å²) in [6, 6.07) is 7.60. The van der Waals surface area contributed by atoms with Gasteiger partial charge in [-0.05, 0) is 24.3 Å². The number of nitrogens with zero attached hydrogens (tertiary/aromatic N) is 3. The second-order valence-electron chi connectivity index (χ2n) is 3.84. The predicted molar refractivity (Wildman–Crippen MR) is 79.0 cm³/mol. The maximum absolute atomic E-state index is 11.1. The van der Waals surface area contributed by atoms with Gasteiger partial charge >= 0.3 is 0 Å². The molecule has 0 saturated heterocycles. The molecule has 0 aliphatic heterocycles. The number of rotatable bonds is 4. The summed E-state index contributed by atoms with van der Waals surface area (Å²) in [5.41, 5.74) is 5.54. The lowest BCUT2D eigenvalue weighted by Gasteiger charge is -2.05. The monoisotopic (exact) mass is 324 g/mol. The molecular weight excluding hydrogens is 316 g/mol. The van der Waals surface area contributed by atoms with E-state index >= 15 is 0 Å². The highest BCUT2D eigenvalue weighted by molar-refractivity contribution is 7.99. The molecule has 0 fully saturated rings. The molecule has 1 heterocycles. The summed E-state index contributed by atoms with van der Waals surface area (Å²) < 4.78 is 0. The van der Waals surface area contributed by atoms with Gasteiger partial charge in [0, 0.05) is 17.8 Å². The van der Waals surface area contributed by atoms with Crippen LogP contribution >= 0.6 is 23.4 Å². The summed E-state index contributed by atoms with van der Waals surface area (Å²) in [5.74, 6) is -0.195. The van der Waals surface area contributed by atoms with Gasteiger partial charge in [0.1, 0.15) is 5.03 Å². The molecule has 0 atom stereocenters. The van der Waals surface area contributed by atoms with Crippen LogP contribution in [0.5, 0.6) is 0 Å². The third kappa shape index (κ3) is 3.61. The van der Waals surface area contributed by atoms with E-state index in [4.69, 9.17) is 22.5 Å². The van der Waals surface area contributed by atoms with E-state index in [-0.39, 0.29) is 17.1 Å². The quantitative estimate of drug-likeness (QED) is 0.294. The van der Waals surface area contributed by atoms with Crippen molar-refractivity contribution in [3.8, 4) is 0 Å². The Kier molecular flexibility index (Phi) is 4.61. The molecule has 7 nitrogen and oxygen atoms in total. The molecular formula is C12H9ClN4O3S. The van der Waals surface area contributed by atoms with Crippen LogP contribution < -0.4 is 5.73 Å². The number of hydrogen-bond acceptors (Lipinski definition) is 6. The van der Waals surface area contributed by atoms with Crippen LogP contribution in [0.1, 0.15) is 5.56 Å².